The highest BCUT2D eigenvalue weighted by Gasteiger charge is 2.15. The van der Waals surface area contributed by atoms with Gasteiger partial charge in [-0.25, -0.2) is 18.5 Å². The van der Waals surface area contributed by atoms with E-state index < -0.39 is 10.0 Å². The molecule has 130 valence electrons. The molecule has 0 spiro atoms. The first kappa shape index (κ1) is 17.7. The van der Waals surface area contributed by atoms with Crippen LogP contribution in [0.3, 0.4) is 0 Å². The van der Waals surface area contributed by atoms with Crippen molar-refractivity contribution in [3.63, 3.8) is 0 Å². The van der Waals surface area contributed by atoms with Crippen LogP contribution >= 0.6 is 9.24 Å². The molecule has 0 radical (unpaired) electrons. The van der Waals surface area contributed by atoms with E-state index in [9.17, 15) is 8.42 Å². The zero-order valence-corrected chi connectivity index (χ0v) is 15.9. The van der Waals surface area contributed by atoms with E-state index in [1.54, 1.807) is 24.5 Å². The molecular weight excluding hydrogens is 355 g/mol. The van der Waals surface area contributed by atoms with Gasteiger partial charge in [0.15, 0.2) is 0 Å². The Kier molecular flexibility index (Phi) is 4.73. The van der Waals surface area contributed by atoms with Crippen molar-refractivity contribution in [1.29, 1.82) is 0 Å². The molecule has 2 N–H and O–H groups in total. The molecule has 0 saturated carbocycles. The van der Waals surface area contributed by atoms with Gasteiger partial charge in [-0.2, -0.15) is 0 Å². The van der Waals surface area contributed by atoms with E-state index in [1.165, 1.54) is 12.1 Å². The lowest BCUT2D eigenvalue weighted by Crippen LogP contribution is -2.12. The van der Waals surface area contributed by atoms with E-state index in [2.05, 4.69) is 14.2 Å². The van der Waals surface area contributed by atoms with Crippen molar-refractivity contribution in [2.24, 2.45) is 5.14 Å². The van der Waals surface area contributed by atoms with Crippen molar-refractivity contribution in [2.75, 3.05) is 0 Å². The number of nitrogens with two attached hydrogens (primary N) is 1. The van der Waals surface area contributed by atoms with Crippen LogP contribution in [0.4, 0.5) is 0 Å². The van der Waals surface area contributed by atoms with Crippen LogP contribution in [-0.4, -0.2) is 23.0 Å². The summed E-state index contributed by atoms with van der Waals surface area (Å²) >= 11 is 0. The molecular formula is C17H19N4O2PS. The number of hydrogen-bond donors (Lipinski definition) is 1. The summed E-state index contributed by atoms with van der Waals surface area (Å²) in [5.41, 5.74) is 3.83. The third-order valence-electron chi connectivity index (χ3n) is 3.77. The van der Waals surface area contributed by atoms with Gasteiger partial charge in [0.05, 0.1) is 10.6 Å². The van der Waals surface area contributed by atoms with Gasteiger partial charge in [0.1, 0.15) is 5.82 Å². The van der Waals surface area contributed by atoms with E-state index in [4.69, 9.17) is 10.1 Å². The summed E-state index contributed by atoms with van der Waals surface area (Å²) in [4.78, 5) is 9.05. The number of aromatic nitrogens is 3. The van der Waals surface area contributed by atoms with Gasteiger partial charge < -0.3 is 0 Å². The van der Waals surface area contributed by atoms with E-state index in [1.807, 2.05) is 30.7 Å². The minimum Gasteiger partial charge on any atom is -0.299 e. The average Bonchev–Trinajstić information content (AvgIpc) is 3.00. The first-order chi connectivity index (χ1) is 11.8. The van der Waals surface area contributed by atoms with Gasteiger partial charge in [0, 0.05) is 35.5 Å². The quantitative estimate of drug-likeness (QED) is 0.711. The smallest absolute Gasteiger partial charge is 0.238 e. The predicted octanol–water partition coefficient (Wildman–Crippen LogP) is 2.83. The molecule has 6 nitrogen and oxygen atoms in total. The summed E-state index contributed by atoms with van der Waals surface area (Å²) in [6.07, 6.45) is 5.50. The second-order valence-corrected chi connectivity index (χ2v) is 8.50. The Morgan fingerprint density at radius 2 is 1.88 bits per heavy atom. The second kappa shape index (κ2) is 6.67. The number of aryl methyl sites for hydroxylation is 1. The molecule has 0 saturated heterocycles. The van der Waals surface area contributed by atoms with Crippen molar-refractivity contribution >= 4 is 19.3 Å². The zero-order valence-electron chi connectivity index (χ0n) is 13.9. The maximum atomic E-state index is 11.4. The Morgan fingerprint density at radius 1 is 1.20 bits per heavy atom. The summed E-state index contributed by atoms with van der Waals surface area (Å²) in [7, 11) is -0.988. The molecule has 2 aromatic heterocycles. The number of primary sulfonamides is 1. The third-order valence-corrected chi connectivity index (χ3v) is 5.04. The van der Waals surface area contributed by atoms with Crippen LogP contribution in [0.1, 0.15) is 23.8 Å². The minimum atomic E-state index is -3.72. The largest absolute Gasteiger partial charge is 0.299 e. The highest BCUT2D eigenvalue weighted by molar-refractivity contribution is 7.89. The minimum absolute atomic E-state index is 0.0785. The van der Waals surface area contributed by atoms with Crippen molar-refractivity contribution in [3.8, 4) is 17.1 Å². The fourth-order valence-electron chi connectivity index (χ4n) is 2.49. The number of rotatable bonds is 4. The summed E-state index contributed by atoms with van der Waals surface area (Å²) < 4.78 is 24.8. The Morgan fingerprint density at radius 3 is 2.44 bits per heavy atom. The van der Waals surface area contributed by atoms with Gasteiger partial charge in [0.2, 0.25) is 10.0 Å². The first-order valence-electron chi connectivity index (χ1n) is 7.66. The molecule has 0 fully saturated rings. The number of imidazole rings is 1. The van der Waals surface area contributed by atoms with Gasteiger partial charge in [0.25, 0.3) is 0 Å². The molecule has 0 bridgehead atoms. The molecule has 25 heavy (non-hydrogen) atoms. The van der Waals surface area contributed by atoms with Crippen LogP contribution in [0.5, 0.6) is 0 Å². The van der Waals surface area contributed by atoms with E-state index in [0.717, 1.165) is 28.3 Å². The van der Waals surface area contributed by atoms with Gasteiger partial charge in [-0.3, -0.25) is 9.55 Å². The van der Waals surface area contributed by atoms with Crippen molar-refractivity contribution in [2.45, 2.75) is 24.4 Å². The SMILES string of the molecule is Cc1cncc(-c2nc(C(C)P)cn2-c2ccc(S(N)(=O)=O)cc2)c1. The number of nitrogens with zero attached hydrogens (tertiary/aromatic N) is 3. The predicted molar refractivity (Wildman–Crippen MR) is 101 cm³/mol. The van der Waals surface area contributed by atoms with Crippen molar-refractivity contribution in [3.05, 3.63) is 60.2 Å². The van der Waals surface area contributed by atoms with Crippen molar-refractivity contribution in [1.82, 2.24) is 14.5 Å². The Balaban J connectivity index is 2.15. The van der Waals surface area contributed by atoms with Gasteiger partial charge >= 0.3 is 0 Å². The molecule has 0 aliphatic rings. The third kappa shape index (κ3) is 3.79. The zero-order chi connectivity index (χ0) is 18.2. The van der Waals surface area contributed by atoms with Crippen LogP contribution in [0.25, 0.3) is 17.1 Å². The highest BCUT2D eigenvalue weighted by Crippen LogP contribution is 2.28. The summed E-state index contributed by atoms with van der Waals surface area (Å²) in [5, 5.41) is 5.17. The molecule has 2 unspecified atom stereocenters. The topological polar surface area (TPSA) is 90.9 Å². The summed E-state index contributed by atoms with van der Waals surface area (Å²) in [5.74, 6) is 0.754. The molecule has 0 aliphatic carbocycles. The lowest BCUT2D eigenvalue weighted by atomic mass is 10.2. The fourth-order valence-corrected chi connectivity index (χ4v) is 3.17. The van der Waals surface area contributed by atoms with E-state index in [0.29, 0.717) is 0 Å². The van der Waals surface area contributed by atoms with Crippen LogP contribution in [0.15, 0.2) is 53.8 Å². The number of benzene rings is 1. The Bertz CT molecular complexity index is 1010. The van der Waals surface area contributed by atoms with E-state index >= 15 is 0 Å². The van der Waals surface area contributed by atoms with Crippen LogP contribution < -0.4 is 5.14 Å². The molecule has 2 atom stereocenters. The average molecular weight is 374 g/mol. The standard InChI is InChI=1S/C17H19N4O2PS/c1-11-7-13(9-19-8-11)17-20-16(12(2)24)10-21(17)14-3-5-15(6-4-14)25(18,22)23/h3-10,12H,24H2,1-2H3,(H2,18,22,23). The number of sulfonamides is 1. The fraction of sp³-hybridized carbons (Fsp3) is 0.176. The molecule has 1 aromatic carbocycles. The Hall–Kier alpha value is -2.08. The van der Waals surface area contributed by atoms with Crippen LogP contribution in [-0.2, 0) is 10.0 Å². The molecule has 8 heteroatoms. The molecule has 0 amide bonds. The van der Waals surface area contributed by atoms with Crippen molar-refractivity contribution < 1.29 is 8.42 Å². The highest BCUT2D eigenvalue weighted by atomic mass is 32.2. The molecule has 3 aromatic rings. The van der Waals surface area contributed by atoms with Crippen LogP contribution in [0, 0.1) is 6.92 Å². The second-order valence-electron chi connectivity index (χ2n) is 5.94. The number of hydrogen-bond acceptors (Lipinski definition) is 4. The summed E-state index contributed by atoms with van der Waals surface area (Å²) in [6.45, 7) is 4.02. The lowest BCUT2D eigenvalue weighted by Gasteiger charge is -2.09. The molecule has 0 aliphatic heterocycles. The lowest BCUT2D eigenvalue weighted by molar-refractivity contribution is 0.598. The Labute approximate surface area is 149 Å². The van der Waals surface area contributed by atoms with Gasteiger partial charge in [-0.05, 0) is 42.8 Å². The van der Waals surface area contributed by atoms with Gasteiger partial charge in [-0.15, -0.1) is 9.24 Å². The molecule has 2 heterocycles. The monoisotopic (exact) mass is 374 g/mol. The maximum Gasteiger partial charge on any atom is 0.238 e. The first-order valence-corrected chi connectivity index (χ1v) is 9.87. The van der Waals surface area contributed by atoms with Crippen LogP contribution in [0.2, 0.25) is 0 Å². The number of pyridine rings is 1. The normalized spacial score (nSPS) is 13.0. The van der Waals surface area contributed by atoms with E-state index in [-0.39, 0.29) is 10.6 Å². The summed E-state index contributed by atoms with van der Waals surface area (Å²) in [6, 6.07) is 8.43. The maximum absolute atomic E-state index is 11.4. The molecule has 3 rings (SSSR count). The van der Waals surface area contributed by atoms with Gasteiger partial charge in [-0.1, -0.05) is 6.92 Å².